The number of ether oxygens (including phenoxy) is 1. The molecular formula is C20H21F2N3OS. The topological polar surface area (TPSA) is 38.6 Å². The number of pyridine rings is 1. The van der Waals surface area contributed by atoms with Crippen molar-refractivity contribution in [1.82, 2.24) is 14.7 Å². The second kappa shape index (κ2) is 7.58. The molecule has 1 saturated heterocycles. The third-order valence-corrected chi connectivity index (χ3v) is 5.50. The van der Waals surface area contributed by atoms with Gasteiger partial charge in [-0.1, -0.05) is 0 Å². The lowest BCUT2D eigenvalue weighted by Gasteiger charge is -2.24. The first-order valence-electron chi connectivity index (χ1n) is 8.90. The summed E-state index contributed by atoms with van der Waals surface area (Å²) in [7, 11) is 0. The molecule has 2 aromatic heterocycles. The maximum Gasteiger partial charge on any atom is 0.137 e. The van der Waals surface area contributed by atoms with Crippen molar-refractivity contribution in [2.75, 3.05) is 26.0 Å². The van der Waals surface area contributed by atoms with E-state index in [9.17, 15) is 8.78 Å². The van der Waals surface area contributed by atoms with Crippen LogP contribution in [0.1, 0.15) is 11.3 Å². The summed E-state index contributed by atoms with van der Waals surface area (Å²) in [5.74, 6) is -1.19. The molecule has 3 aromatic rings. The van der Waals surface area contributed by atoms with Gasteiger partial charge in [0.2, 0.25) is 0 Å². The molecular weight excluding hydrogens is 368 g/mol. The van der Waals surface area contributed by atoms with Gasteiger partial charge in [-0.05, 0) is 43.0 Å². The van der Waals surface area contributed by atoms with E-state index in [1.165, 1.54) is 23.9 Å². The zero-order valence-corrected chi connectivity index (χ0v) is 16.1. The zero-order valence-electron chi connectivity index (χ0n) is 15.3. The molecule has 1 aromatic carbocycles. The van der Waals surface area contributed by atoms with Crippen molar-refractivity contribution in [3.63, 3.8) is 0 Å². The van der Waals surface area contributed by atoms with Crippen LogP contribution in [0.15, 0.2) is 35.4 Å². The van der Waals surface area contributed by atoms with Crippen LogP contribution < -0.4 is 5.32 Å². The first-order valence-corrected chi connectivity index (χ1v) is 10.1. The maximum absolute atomic E-state index is 14.8. The van der Waals surface area contributed by atoms with Crippen molar-refractivity contribution < 1.29 is 13.5 Å². The molecule has 0 bridgehead atoms. The lowest BCUT2D eigenvalue weighted by atomic mass is 10.0. The molecule has 0 radical (unpaired) electrons. The van der Waals surface area contributed by atoms with Crippen molar-refractivity contribution >= 4 is 17.4 Å². The number of morpholine rings is 1. The normalized spacial score (nSPS) is 17.6. The lowest BCUT2D eigenvalue weighted by molar-refractivity contribution is 0.0286. The van der Waals surface area contributed by atoms with Crippen molar-refractivity contribution in [2.24, 2.45) is 0 Å². The summed E-state index contributed by atoms with van der Waals surface area (Å²) in [5.41, 5.74) is 2.75. The van der Waals surface area contributed by atoms with E-state index in [0.717, 1.165) is 17.8 Å². The molecule has 27 heavy (non-hydrogen) atoms. The number of hydrogen-bond donors (Lipinski definition) is 1. The van der Waals surface area contributed by atoms with Crippen molar-refractivity contribution in [1.29, 1.82) is 0 Å². The summed E-state index contributed by atoms with van der Waals surface area (Å²) in [6.07, 6.45) is 4.16. The third-order valence-electron chi connectivity index (χ3n) is 4.79. The molecule has 1 aliphatic heterocycles. The number of halogens is 2. The molecule has 1 atom stereocenters. The monoisotopic (exact) mass is 389 g/mol. The molecule has 1 fully saturated rings. The highest BCUT2D eigenvalue weighted by atomic mass is 32.2. The van der Waals surface area contributed by atoms with E-state index in [1.54, 1.807) is 6.26 Å². The Bertz CT molecular complexity index is 960. The molecule has 0 saturated carbocycles. The fourth-order valence-corrected chi connectivity index (χ4v) is 3.90. The highest BCUT2D eigenvalue weighted by molar-refractivity contribution is 7.98. The second-order valence-corrected chi connectivity index (χ2v) is 7.59. The summed E-state index contributed by atoms with van der Waals surface area (Å²) in [5, 5.41) is 3.30. The number of imidazole rings is 1. The Morgan fingerprint density at radius 3 is 2.74 bits per heavy atom. The van der Waals surface area contributed by atoms with Crippen molar-refractivity contribution in [2.45, 2.75) is 24.3 Å². The van der Waals surface area contributed by atoms with Crippen molar-refractivity contribution in [3.8, 4) is 11.3 Å². The molecule has 4 nitrogen and oxygen atoms in total. The maximum atomic E-state index is 14.8. The summed E-state index contributed by atoms with van der Waals surface area (Å²) >= 11 is 1.31. The average Bonchev–Trinajstić information content (AvgIpc) is 2.99. The van der Waals surface area contributed by atoms with E-state index in [4.69, 9.17) is 4.74 Å². The number of hydrogen-bond acceptors (Lipinski definition) is 4. The number of fused-ring (bicyclic) bond motifs is 1. The van der Waals surface area contributed by atoms with Gasteiger partial charge < -0.3 is 14.5 Å². The predicted molar refractivity (Wildman–Crippen MR) is 103 cm³/mol. The highest BCUT2D eigenvalue weighted by Crippen LogP contribution is 2.33. The molecule has 142 valence electrons. The van der Waals surface area contributed by atoms with Crippen LogP contribution in [0.3, 0.4) is 0 Å². The summed E-state index contributed by atoms with van der Waals surface area (Å²) in [6, 6.07) is 6.60. The van der Waals surface area contributed by atoms with Gasteiger partial charge >= 0.3 is 0 Å². The first kappa shape index (κ1) is 18.4. The van der Waals surface area contributed by atoms with E-state index in [0.29, 0.717) is 35.8 Å². The van der Waals surface area contributed by atoms with Gasteiger partial charge in [0, 0.05) is 30.6 Å². The van der Waals surface area contributed by atoms with Crippen LogP contribution in [-0.2, 0) is 11.2 Å². The number of nitrogens with one attached hydrogen (secondary N) is 1. The van der Waals surface area contributed by atoms with Gasteiger partial charge in [-0.25, -0.2) is 13.8 Å². The minimum atomic E-state index is -0.594. The summed E-state index contributed by atoms with van der Waals surface area (Å²) in [6.45, 7) is 4.11. The largest absolute Gasteiger partial charge is 0.375 e. The Morgan fingerprint density at radius 1 is 1.30 bits per heavy atom. The van der Waals surface area contributed by atoms with E-state index in [1.807, 2.05) is 29.7 Å². The van der Waals surface area contributed by atoms with E-state index in [-0.39, 0.29) is 11.7 Å². The van der Waals surface area contributed by atoms with Gasteiger partial charge in [-0.15, -0.1) is 11.8 Å². The standard InChI is InChI=1S/C20H21F2N3OS/c1-12-3-5-25-17(8-13-11-23-4-6-26-13)20(24-18(25)7-12)19-15(21)9-14(27-2)10-16(19)22/h3,5,7,9-10,13,23H,4,6,8,11H2,1-2H3. The number of nitrogens with zero attached hydrogens (tertiary/aromatic N) is 2. The SMILES string of the molecule is CSc1cc(F)c(-c2nc3cc(C)ccn3c2CC2CNCCO2)c(F)c1. The van der Waals surface area contributed by atoms with E-state index in [2.05, 4.69) is 10.3 Å². The highest BCUT2D eigenvalue weighted by Gasteiger charge is 2.25. The molecule has 1 N–H and O–H groups in total. The van der Waals surface area contributed by atoms with Crippen LogP contribution in [0.5, 0.6) is 0 Å². The van der Waals surface area contributed by atoms with Crippen LogP contribution in [0, 0.1) is 18.6 Å². The molecule has 3 heterocycles. The minimum Gasteiger partial charge on any atom is -0.375 e. The van der Waals surface area contributed by atoms with Gasteiger partial charge in [0.05, 0.1) is 29.7 Å². The molecule has 0 aliphatic carbocycles. The molecule has 1 unspecified atom stereocenters. The first-order chi connectivity index (χ1) is 13.1. The Hall–Kier alpha value is -1.96. The van der Waals surface area contributed by atoms with Gasteiger partial charge in [-0.3, -0.25) is 0 Å². The number of rotatable bonds is 4. The third kappa shape index (κ3) is 3.59. The fraction of sp³-hybridized carbons (Fsp3) is 0.350. The average molecular weight is 389 g/mol. The van der Waals surface area contributed by atoms with Crippen LogP contribution in [0.2, 0.25) is 0 Å². The Kier molecular flexibility index (Phi) is 5.16. The van der Waals surface area contributed by atoms with Gasteiger partial charge in [-0.2, -0.15) is 0 Å². The van der Waals surface area contributed by atoms with Crippen LogP contribution in [0.25, 0.3) is 16.9 Å². The van der Waals surface area contributed by atoms with Crippen molar-refractivity contribution in [3.05, 3.63) is 53.4 Å². The number of aryl methyl sites for hydroxylation is 1. The quantitative estimate of drug-likeness (QED) is 0.688. The fourth-order valence-electron chi connectivity index (χ4n) is 3.45. The number of thioether (sulfide) groups is 1. The smallest absolute Gasteiger partial charge is 0.137 e. The zero-order chi connectivity index (χ0) is 19.0. The summed E-state index contributed by atoms with van der Waals surface area (Å²) in [4.78, 5) is 5.14. The molecule has 0 amide bonds. The predicted octanol–water partition coefficient (Wildman–Crippen LogP) is 3.84. The Morgan fingerprint density at radius 2 is 2.07 bits per heavy atom. The summed E-state index contributed by atoms with van der Waals surface area (Å²) < 4.78 is 37.3. The molecule has 4 rings (SSSR count). The van der Waals surface area contributed by atoms with Gasteiger partial charge in [0.15, 0.2) is 0 Å². The Labute approximate surface area is 160 Å². The number of aromatic nitrogens is 2. The number of benzene rings is 1. The molecule has 7 heteroatoms. The molecule has 0 spiro atoms. The van der Waals surface area contributed by atoms with Crippen LogP contribution >= 0.6 is 11.8 Å². The van der Waals surface area contributed by atoms with Gasteiger partial charge in [0.1, 0.15) is 17.3 Å². The van der Waals surface area contributed by atoms with Gasteiger partial charge in [0.25, 0.3) is 0 Å². The van der Waals surface area contributed by atoms with Crippen LogP contribution in [0.4, 0.5) is 8.78 Å². The second-order valence-electron chi connectivity index (χ2n) is 6.71. The molecule has 1 aliphatic rings. The minimum absolute atomic E-state index is 0.0599. The lowest BCUT2D eigenvalue weighted by Crippen LogP contribution is -2.39. The Balaban J connectivity index is 1.88. The van der Waals surface area contributed by atoms with E-state index < -0.39 is 11.6 Å². The van der Waals surface area contributed by atoms with E-state index >= 15 is 0 Å². The van der Waals surface area contributed by atoms with Crippen LogP contribution in [-0.4, -0.2) is 41.4 Å².